The summed E-state index contributed by atoms with van der Waals surface area (Å²) < 4.78 is 5.10. The maximum Gasteiger partial charge on any atom is 0.213 e. The van der Waals surface area contributed by atoms with Crippen molar-refractivity contribution in [3.8, 4) is 5.88 Å². The molecule has 1 aromatic rings. The number of hydrogen-bond donors (Lipinski definition) is 0. The van der Waals surface area contributed by atoms with E-state index in [0.717, 1.165) is 36.9 Å². The lowest BCUT2D eigenvalue weighted by atomic mass is 9.94. The fourth-order valence-corrected chi connectivity index (χ4v) is 2.42. The van der Waals surface area contributed by atoms with E-state index in [0.29, 0.717) is 5.88 Å². The van der Waals surface area contributed by atoms with Gasteiger partial charge in [0.05, 0.1) is 13.2 Å². The summed E-state index contributed by atoms with van der Waals surface area (Å²) in [6, 6.07) is 2.10. The van der Waals surface area contributed by atoms with Gasteiger partial charge in [-0.2, -0.15) is 0 Å². The number of pyridine rings is 1. The van der Waals surface area contributed by atoms with Gasteiger partial charge in [0.25, 0.3) is 0 Å². The average Bonchev–Trinajstić information content (AvgIpc) is 2.38. The minimum atomic E-state index is 0.180. The van der Waals surface area contributed by atoms with Crippen LogP contribution >= 0.6 is 0 Å². The third-order valence-electron chi connectivity index (χ3n) is 3.37. The highest BCUT2D eigenvalue weighted by molar-refractivity contribution is 5.49. The lowest BCUT2D eigenvalue weighted by Gasteiger charge is -2.33. The van der Waals surface area contributed by atoms with E-state index in [-0.39, 0.29) is 6.04 Å². The summed E-state index contributed by atoms with van der Waals surface area (Å²) in [6.45, 7) is 2.89. The number of ether oxygens (including phenoxy) is 1. The largest absolute Gasteiger partial charge is 0.481 e. The molecule has 4 nitrogen and oxygen atoms in total. The Morgan fingerprint density at radius 3 is 3.00 bits per heavy atom. The Morgan fingerprint density at radius 1 is 1.53 bits per heavy atom. The van der Waals surface area contributed by atoms with Crippen molar-refractivity contribution in [2.24, 2.45) is 0 Å². The Bertz CT molecular complexity index is 406. The van der Waals surface area contributed by atoms with Crippen molar-refractivity contribution in [3.05, 3.63) is 23.4 Å². The first-order chi connectivity index (χ1) is 8.26. The highest BCUT2D eigenvalue weighted by Crippen LogP contribution is 2.32. The molecule has 17 heavy (non-hydrogen) atoms. The van der Waals surface area contributed by atoms with Crippen LogP contribution in [0, 0.1) is 6.92 Å². The highest BCUT2D eigenvalue weighted by Gasteiger charge is 2.24. The first-order valence-electron chi connectivity index (χ1n) is 5.98. The molecule has 1 aromatic heterocycles. The molecule has 0 aliphatic carbocycles. The first kappa shape index (κ1) is 11.9. The van der Waals surface area contributed by atoms with Gasteiger partial charge in [-0.05, 0) is 37.3 Å². The number of methoxy groups -OCH3 is 1. The van der Waals surface area contributed by atoms with Gasteiger partial charge in [-0.3, -0.25) is 4.79 Å². The minimum absolute atomic E-state index is 0.180. The summed E-state index contributed by atoms with van der Waals surface area (Å²) in [6.07, 6.45) is 6.07. The quantitative estimate of drug-likeness (QED) is 0.752. The number of aromatic nitrogens is 1. The molecular formula is C13H18N2O2. The lowest BCUT2D eigenvalue weighted by Crippen LogP contribution is -2.32. The Hall–Kier alpha value is -1.58. The second-order valence-electron chi connectivity index (χ2n) is 4.44. The first-order valence-corrected chi connectivity index (χ1v) is 5.98. The lowest BCUT2D eigenvalue weighted by molar-refractivity contribution is -0.121. The molecule has 1 amide bonds. The van der Waals surface area contributed by atoms with Crippen LogP contribution in [0.15, 0.2) is 12.3 Å². The Morgan fingerprint density at radius 2 is 2.35 bits per heavy atom. The van der Waals surface area contributed by atoms with Crippen molar-refractivity contribution in [2.75, 3.05) is 13.7 Å². The van der Waals surface area contributed by atoms with Gasteiger partial charge in [0.1, 0.15) is 0 Å². The van der Waals surface area contributed by atoms with E-state index in [1.807, 2.05) is 24.1 Å². The van der Waals surface area contributed by atoms with Gasteiger partial charge in [-0.25, -0.2) is 4.98 Å². The number of aryl methyl sites for hydroxylation is 1. The van der Waals surface area contributed by atoms with Crippen LogP contribution in [0.25, 0.3) is 0 Å². The van der Waals surface area contributed by atoms with Crippen LogP contribution in [-0.2, 0) is 4.79 Å². The van der Waals surface area contributed by atoms with E-state index in [2.05, 4.69) is 4.98 Å². The number of rotatable bonds is 3. The van der Waals surface area contributed by atoms with E-state index in [9.17, 15) is 4.79 Å². The molecule has 0 aromatic carbocycles. The molecule has 1 saturated heterocycles. The van der Waals surface area contributed by atoms with Gasteiger partial charge in [0, 0.05) is 18.8 Å². The number of hydrogen-bond acceptors (Lipinski definition) is 3. The number of carbonyl (C=O) groups excluding carboxylic acids is 1. The van der Waals surface area contributed by atoms with E-state index < -0.39 is 0 Å². The van der Waals surface area contributed by atoms with Crippen molar-refractivity contribution in [3.63, 3.8) is 0 Å². The molecule has 1 aliphatic heterocycles. The van der Waals surface area contributed by atoms with E-state index in [1.165, 1.54) is 6.42 Å². The average molecular weight is 234 g/mol. The number of piperidine rings is 1. The van der Waals surface area contributed by atoms with Gasteiger partial charge < -0.3 is 9.64 Å². The van der Waals surface area contributed by atoms with Gasteiger partial charge in [-0.15, -0.1) is 0 Å². The van der Waals surface area contributed by atoms with Crippen LogP contribution in [0.3, 0.4) is 0 Å². The van der Waals surface area contributed by atoms with Crippen molar-refractivity contribution < 1.29 is 9.53 Å². The summed E-state index contributed by atoms with van der Waals surface area (Å²) in [4.78, 5) is 17.2. The third kappa shape index (κ3) is 2.40. The summed E-state index contributed by atoms with van der Waals surface area (Å²) in [5.74, 6) is 0.625. The standard InChI is InChI=1S/C13H18N2O2/c1-10-7-13(17-2)14-8-11(10)12-5-3-4-6-15(12)9-16/h7-9,12H,3-6H2,1-2H3/t12-/m1/s1. The predicted octanol–water partition coefficient (Wildman–Crippen LogP) is 2.08. The van der Waals surface area contributed by atoms with Gasteiger partial charge >= 0.3 is 0 Å². The maximum absolute atomic E-state index is 11.1. The topological polar surface area (TPSA) is 42.4 Å². The van der Waals surface area contributed by atoms with Gasteiger partial charge in [-0.1, -0.05) is 0 Å². The van der Waals surface area contributed by atoms with Crippen molar-refractivity contribution in [1.29, 1.82) is 0 Å². The van der Waals surface area contributed by atoms with Gasteiger partial charge in [0.2, 0.25) is 12.3 Å². The third-order valence-corrected chi connectivity index (χ3v) is 3.37. The Labute approximate surface area is 102 Å². The molecule has 0 bridgehead atoms. The molecule has 0 spiro atoms. The zero-order chi connectivity index (χ0) is 12.3. The zero-order valence-corrected chi connectivity index (χ0v) is 10.3. The van der Waals surface area contributed by atoms with Crippen molar-refractivity contribution in [1.82, 2.24) is 9.88 Å². The summed E-state index contributed by atoms with van der Waals surface area (Å²) in [7, 11) is 1.61. The molecule has 4 heteroatoms. The van der Waals surface area contributed by atoms with Crippen LogP contribution in [0.4, 0.5) is 0 Å². The fraction of sp³-hybridized carbons (Fsp3) is 0.538. The van der Waals surface area contributed by atoms with E-state index in [1.54, 1.807) is 7.11 Å². The molecule has 0 saturated carbocycles. The summed E-state index contributed by atoms with van der Waals surface area (Å²) in [5, 5.41) is 0. The molecular weight excluding hydrogens is 216 g/mol. The number of amides is 1. The Balaban J connectivity index is 2.28. The molecule has 1 aliphatic rings. The Kier molecular flexibility index (Phi) is 3.61. The molecule has 0 unspecified atom stereocenters. The molecule has 1 fully saturated rings. The van der Waals surface area contributed by atoms with Crippen LogP contribution in [0.1, 0.15) is 36.4 Å². The van der Waals surface area contributed by atoms with Crippen molar-refractivity contribution in [2.45, 2.75) is 32.2 Å². The fourth-order valence-electron chi connectivity index (χ4n) is 2.42. The molecule has 0 N–H and O–H groups in total. The second-order valence-corrected chi connectivity index (χ2v) is 4.44. The molecule has 2 heterocycles. The van der Waals surface area contributed by atoms with Crippen molar-refractivity contribution >= 4 is 6.41 Å². The molecule has 92 valence electrons. The van der Waals surface area contributed by atoms with Crippen LogP contribution in [-0.4, -0.2) is 29.9 Å². The highest BCUT2D eigenvalue weighted by atomic mass is 16.5. The summed E-state index contributed by atoms with van der Waals surface area (Å²) in [5.41, 5.74) is 2.27. The number of carbonyl (C=O) groups is 1. The van der Waals surface area contributed by atoms with Crippen LogP contribution in [0.2, 0.25) is 0 Å². The predicted molar refractivity (Wildman–Crippen MR) is 64.9 cm³/mol. The van der Waals surface area contributed by atoms with Crippen LogP contribution < -0.4 is 4.74 Å². The second kappa shape index (κ2) is 5.17. The normalized spacial score (nSPS) is 20.1. The monoisotopic (exact) mass is 234 g/mol. The van der Waals surface area contributed by atoms with Gasteiger partial charge in [0.15, 0.2) is 0 Å². The summed E-state index contributed by atoms with van der Waals surface area (Å²) >= 11 is 0. The maximum atomic E-state index is 11.1. The molecule has 0 radical (unpaired) electrons. The SMILES string of the molecule is COc1cc(C)c([C@H]2CCCCN2C=O)cn1. The number of likely N-dealkylation sites (tertiary alicyclic amines) is 1. The van der Waals surface area contributed by atoms with E-state index >= 15 is 0 Å². The number of nitrogens with zero attached hydrogens (tertiary/aromatic N) is 2. The van der Waals surface area contributed by atoms with E-state index in [4.69, 9.17) is 4.74 Å². The minimum Gasteiger partial charge on any atom is -0.481 e. The smallest absolute Gasteiger partial charge is 0.213 e. The molecule has 1 atom stereocenters. The zero-order valence-electron chi connectivity index (χ0n) is 10.3. The van der Waals surface area contributed by atoms with Crippen LogP contribution in [0.5, 0.6) is 5.88 Å². The molecule has 2 rings (SSSR count).